The number of nitrogens with zero attached hydrogens (tertiary/aromatic N) is 1. The van der Waals surface area contributed by atoms with Crippen molar-refractivity contribution in [1.29, 1.82) is 0 Å². The van der Waals surface area contributed by atoms with Crippen LogP contribution in [-0.2, 0) is 25.7 Å². The molecule has 0 aromatic heterocycles. The van der Waals surface area contributed by atoms with Gasteiger partial charge in [-0.2, -0.15) is 0 Å². The molecule has 172 valence electrons. The van der Waals surface area contributed by atoms with Crippen molar-refractivity contribution in [2.24, 2.45) is 11.5 Å². The lowest BCUT2D eigenvalue weighted by Gasteiger charge is -2.26. The largest absolute Gasteiger partial charge is 0.481 e. The zero-order chi connectivity index (χ0) is 23.2. The second-order valence-electron chi connectivity index (χ2n) is 7.14. The van der Waals surface area contributed by atoms with Gasteiger partial charge in [0, 0.05) is 33.0 Å². The molecule has 0 aliphatic carbocycles. The van der Waals surface area contributed by atoms with Crippen LogP contribution in [0.15, 0.2) is 30.3 Å². The van der Waals surface area contributed by atoms with Crippen LogP contribution in [0, 0.1) is 0 Å². The van der Waals surface area contributed by atoms with Crippen molar-refractivity contribution < 1.29 is 24.3 Å². The van der Waals surface area contributed by atoms with Gasteiger partial charge in [-0.15, -0.1) is 0 Å². The maximum atomic E-state index is 12.7. The Morgan fingerprint density at radius 1 is 1.16 bits per heavy atom. The van der Waals surface area contributed by atoms with Gasteiger partial charge < -0.3 is 32.1 Å². The fraction of sp³-hybridized carbons (Fsp3) is 0.524. The Morgan fingerprint density at radius 3 is 2.39 bits per heavy atom. The topological polar surface area (TPSA) is 168 Å². The Balaban J connectivity index is 0.00000110. The summed E-state index contributed by atoms with van der Waals surface area (Å²) in [4.78, 5) is 47.9. The average molecular weight is 436 g/mol. The van der Waals surface area contributed by atoms with E-state index in [2.05, 4.69) is 10.6 Å². The van der Waals surface area contributed by atoms with Gasteiger partial charge in [-0.1, -0.05) is 30.3 Å². The van der Waals surface area contributed by atoms with Crippen molar-refractivity contribution in [2.45, 2.75) is 51.2 Å². The Hall–Kier alpha value is -2.98. The van der Waals surface area contributed by atoms with Crippen LogP contribution >= 0.6 is 0 Å². The first-order chi connectivity index (χ1) is 14.8. The smallest absolute Gasteiger partial charge is 0.300 e. The number of nitrogens with two attached hydrogens (primary N) is 2. The van der Waals surface area contributed by atoms with E-state index in [4.69, 9.17) is 21.4 Å². The summed E-state index contributed by atoms with van der Waals surface area (Å²) in [7, 11) is 0. The molecule has 2 rings (SSSR count). The summed E-state index contributed by atoms with van der Waals surface area (Å²) in [5.74, 6) is -1.55. The monoisotopic (exact) mass is 435 g/mol. The molecule has 1 fully saturated rings. The average Bonchev–Trinajstić information content (AvgIpc) is 3.22. The molecule has 1 aromatic rings. The van der Waals surface area contributed by atoms with Crippen LogP contribution in [0.1, 0.15) is 38.2 Å². The van der Waals surface area contributed by atoms with Crippen LogP contribution < -0.4 is 22.1 Å². The first kappa shape index (κ1) is 26.1. The Morgan fingerprint density at radius 2 is 1.81 bits per heavy atom. The summed E-state index contributed by atoms with van der Waals surface area (Å²) in [5.41, 5.74) is 12.0. The summed E-state index contributed by atoms with van der Waals surface area (Å²) < 4.78 is 0. The lowest BCUT2D eigenvalue weighted by Crippen LogP contribution is -2.53. The van der Waals surface area contributed by atoms with E-state index in [1.165, 1.54) is 0 Å². The number of aliphatic carboxylic acids is 1. The van der Waals surface area contributed by atoms with Crippen molar-refractivity contribution in [3.63, 3.8) is 0 Å². The van der Waals surface area contributed by atoms with Crippen LogP contribution in [-0.4, -0.2) is 65.4 Å². The van der Waals surface area contributed by atoms with Crippen molar-refractivity contribution >= 4 is 23.7 Å². The number of carbonyl (C=O) groups excluding carboxylic acids is 3. The molecular formula is C21H33N5O5. The van der Waals surface area contributed by atoms with E-state index in [-0.39, 0.29) is 37.2 Å². The minimum Gasteiger partial charge on any atom is -0.481 e. The molecule has 1 aromatic carbocycles. The molecule has 0 saturated carbocycles. The van der Waals surface area contributed by atoms with Crippen LogP contribution in [0.2, 0.25) is 0 Å². The van der Waals surface area contributed by atoms with Crippen molar-refractivity contribution in [2.75, 3.05) is 19.6 Å². The van der Waals surface area contributed by atoms with Gasteiger partial charge in [0.05, 0.1) is 0 Å². The van der Waals surface area contributed by atoms with E-state index in [0.717, 1.165) is 18.9 Å². The molecule has 7 N–H and O–H groups in total. The minimum absolute atomic E-state index is 0.126. The standard InChI is InChI=1S/C19H29N5O3.C2H4O2/c20-10-8-15(18(26)22-13-14-5-2-1-3-6-14)23-19(27)16-7-4-12-24(16)17(25)9-11-21;1-2(3)4/h1-3,5-6,15-16H,4,7-13,20-21H2,(H,22,26)(H,23,27);1H3,(H,3,4). The molecule has 0 bridgehead atoms. The van der Waals surface area contributed by atoms with Crippen LogP contribution in [0.3, 0.4) is 0 Å². The molecule has 1 heterocycles. The molecule has 3 amide bonds. The molecule has 1 aliphatic rings. The third-order valence-electron chi connectivity index (χ3n) is 4.63. The normalized spacial score (nSPS) is 16.0. The summed E-state index contributed by atoms with van der Waals surface area (Å²) in [6.07, 6.45) is 1.89. The highest BCUT2D eigenvalue weighted by Gasteiger charge is 2.35. The van der Waals surface area contributed by atoms with Gasteiger partial charge in [-0.25, -0.2) is 0 Å². The fourth-order valence-electron chi connectivity index (χ4n) is 3.22. The SMILES string of the molecule is CC(=O)O.NCCC(=O)N1CCCC1C(=O)NC(CCN)C(=O)NCc1ccccc1. The number of nitrogens with one attached hydrogen (secondary N) is 2. The summed E-state index contributed by atoms with van der Waals surface area (Å²) >= 11 is 0. The number of amides is 3. The van der Waals surface area contributed by atoms with Gasteiger partial charge in [-0.3, -0.25) is 19.2 Å². The number of likely N-dealkylation sites (tertiary alicyclic amines) is 1. The number of carboxylic acid groups (broad SMARTS) is 1. The Kier molecular flexibility index (Phi) is 11.9. The molecule has 31 heavy (non-hydrogen) atoms. The molecule has 1 aliphatic heterocycles. The van der Waals surface area contributed by atoms with E-state index < -0.39 is 18.1 Å². The number of carbonyl (C=O) groups is 4. The molecular weight excluding hydrogens is 402 g/mol. The number of hydrogen-bond acceptors (Lipinski definition) is 6. The molecule has 2 unspecified atom stereocenters. The van der Waals surface area contributed by atoms with Crippen LogP contribution in [0.25, 0.3) is 0 Å². The highest BCUT2D eigenvalue weighted by atomic mass is 16.4. The van der Waals surface area contributed by atoms with Gasteiger partial charge in [0.1, 0.15) is 12.1 Å². The van der Waals surface area contributed by atoms with E-state index in [0.29, 0.717) is 25.9 Å². The molecule has 2 atom stereocenters. The molecule has 0 radical (unpaired) electrons. The molecule has 10 heteroatoms. The molecule has 10 nitrogen and oxygen atoms in total. The maximum Gasteiger partial charge on any atom is 0.300 e. The highest BCUT2D eigenvalue weighted by Crippen LogP contribution is 2.18. The maximum absolute atomic E-state index is 12.7. The highest BCUT2D eigenvalue weighted by molar-refractivity contribution is 5.92. The fourth-order valence-corrected chi connectivity index (χ4v) is 3.22. The van der Waals surface area contributed by atoms with Gasteiger partial charge in [0.15, 0.2) is 0 Å². The van der Waals surface area contributed by atoms with E-state index >= 15 is 0 Å². The first-order valence-corrected chi connectivity index (χ1v) is 10.3. The summed E-state index contributed by atoms with van der Waals surface area (Å²) in [6, 6.07) is 8.25. The zero-order valence-corrected chi connectivity index (χ0v) is 17.9. The Bertz CT molecular complexity index is 724. The minimum atomic E-state index is -0.833. The predicted octanol–water partition coefficient (Wildman–Crippen LogP) is -0.433. The van der Waals surface area contributed by atoms with Gasteiger partial charge >= 0.3 is 0 Å². The number of hydrogen-bond donors (Lipinski definition) is 5. The van der Waals surface area contributed by atoms with E-state index in [1.807, 2.05) is 30.3 Å². The van der Waals surface area contributed by atoms with E-state index in [9.17, 15) is 14.4 Å². The molecule has 1 saturated heterocycles. The van der Waals surface area contributed by atoms with Gasteiger partial charge in [0.2, 0.25) is 17.7 Å². The third-order valence-corrected chi connectivity index (χ3v) is 4.63. The van der Waals surface area contributed by atoms with Crippen LogP contribution in [0.4, 0.5) is 0 Å². The zero-order valence-electron chi connectivity index (χ0n) is 17.9. The third kappa shape index (κ3) is 9.58. The lowest BCUT2D eigenvalue weighted by atomic mass is 10.1. The number of benzene rings is 1. The quantitative estimate of drug-likeness (QED) is 0.350. The van der Waals surface area contributed by atoms with Gasteiger partial charge in [0.25, 0.3) is 5.97 Å². The lowest BCUT2D eigenvalue weighted by molar-refractivity contribution is -0.139. The van der Waals surface area contributed by atoms with Crippen molar-refractivity contribution in [3.8, 4) is 0 Å². The van der Waals surface area contributed by atoms with Crippen LogP contribution in [0.5, 0.6) is 0 Å². The summed E-state index contributed by atoms with van der Waals surface area (Å²) in [5, 5.41) is 13.0. The van der Waals surface area contributed by atoms with Gasteiger partial charge in [-0.05, 0) is 31.4 Å². The number of carboxylic acids is 1. The number of rotatable bonds is 9. The van der Waals surface area contributed by atoms with Crippen molar-refractivity contribution in [3.05, 3.63) is 35.9 Å². The second-order valence-corrected chi connectivity index (χ2v) is 7.14. The first-order valence-electron chi connectivity index (χ1n) is 10.3. The second kappa shape index (κ2) is 14.1. The molecule has 0 spiro atoms. The summed E-state index contributed by atoms with van der Waals surface area (Å²) in [6.45, 7) is 2.52. The Labute approximate surface area is 182 Å². The predicted molar refractivity (Wildman–Crippen MR) is 116 cm³/mol. The van der Waals surface area contributed by atoms with E-state index in [1.54, 1.807) is 4.90 Å². The van der Waals surface area contributed by atoms with Crippen molar-refractivity contribution in [1.82, 2.24) is 15.5 Å².